The number of hydrogen-bond acceptors (Lipinski definition) is 3. The zero-order valence-electron chi connectivity index (χ0n) is 15.8. The van der Waals surface area contributed by atoms with Gasteiger partial charge >= 0.3 is 0 Å². The quantitative estimate of drug-likeness (QED) is 0.712. The van der Waals surface area contributed by atoms with Crippen LogP contribution in [0.25, 0.3) is 10.9 Å². The monoisotopic (exact) mass is 363 g/mol. The molecule has 0 spiro atoms. The van der Waals surface area contributed by atoms with Crippen molar-refractivity contribution >= 4 is 28.2 Å². The number of fused-ring (bicyclic) bond motifs is 1. The lowest BCUT2D eigenvalue weighted by Gasteiger charge is -2.19. The van der Waals surface area contributed by atoms with Crippen LogP contribution < -0.4 is 15.0 Å². The summed E-state index contributed by atoms with van der Waals surface area (Å²) in [5, 5.41) is 4.08. The molecule has 2 N–H and O–H groups in total. The summed E-state index contributed by atoms with van der Waals surface area (Å²) in [4.78, 5) is 18.2. The Morgan fingerprint density at radius 2 is 2.00 bits per heavy atom. The minimum atomic E-state index is -0.0178. The molecule has 1 amide bonds. The van der Waals surface area contributed by atoms with E-state index in [0.717, 1.165) is 46.6 Å². The number of rotatable bonds is 5. The van der Waals surface area contributed by atoms with Crippen LogP contribution in [0.1, 0.15) is 24.0 Å². The number of aromatic amines is 1. The lowest BCUT2D eigenvalue weighted by Crippen LogP contribution is -2.18. The van der Waals surface area contributed by atoms with Crippen molar-refractivity contribution in [3.63, 3.8) is 0 Å². The Kier molecular flexibility index (Phi) is 4.75. The van der Waals surface area contributed by atoms with Crippen LogP contribution in [0.2, 0.25) is 0 Å². The second-order valence-electron chi connectivity index (χ2n) is 7.14. The molecule has 0 saturated carbocycles. The number of ether oxygens (including phenoxy) is 1. The van der Waals surface area contributed by atoms with Crippen LogP contribution in [0.5, 0.6) is 5.75 Å². The standard InChI is InChI=1S/C22H25N3O2/c1-15-11-17(25-9-3-4-10-25)5-7-20(15)24-22(26)12-16-14-23-21-8-6-18(27-2)13-19(16)21/h5-8,11,13-14,23H,3-4,9-10,12H2,1-2H3,(H,24,26). The molecule has 5 nitrogen and oxygen atoms in total. The first-order chi connectivity index (χ1) is 13.1. The van der Waals surface area contributed by atoms with Gasteiger partial charge in [-0.1, -0.05) is 0 Å². The van der Waals surface area contributed by atoms with Crippen LogP contribution in [0.3, 0.4) is 0 Å². The molecule has 27 heavy (non-hydrogen) atoms. The molecule has 1 fully saturated rings. The summed E-state index contributed by atoms with van der Waals surface area (Å²) in [6.07, 6.45) is 4.73. The van der Waals surface area contributed by atoms with Crippen molar-refractivity contribution < 1.29 is 9.53 Å². The molecule has 5 heteroatoms. The third-order valence-electron chi connectivity index (χ3n) is 5.28. The first-order valence-corrected chi connectivity index (χ1v) is 9.43. The minimum Gasteiger partial charge on any atom is -0.497 e. The third-order valence-corrected chi connectivity index (χ3v) is 5.28. The molecule has 1 saturated heterocycles. The summed E-state index contributed by atoms with van der Waals surface area (Å²) in [6, 6.07) is 12.1. The van der Waals surface area contributed by atoms with E-state index in [9.17, 15) is 4.79 Å². The second kappa shape index (κ2) is 7.35. The fourth-order valence-electron chi connectivity index (χ4n) is 3.76. The van der Waals surface area contributed by atoms with Gasteiger partial charge in [0.1, 0.15) is 5.75 Å². The van der Waals surface area contributed by atoms with Crippen molar-refractivity contribution in [2.24, 2.45) is 0 Å². The molecule has 0 radical (unpaired) electrons. The number of carbonyl (C=O) groups is 1. The van der Waals surface area contributed by atoms with E-state index in [1.54, 1.807) is 7.11 Å². The van der Waals surface area contributed by atoms with Crippen molar-refractivity contribution in [1.82, 2.24) is 4.98 Å². The van der Waals surface area contributed by atoms with E-state index in [0.29, 0.717) is 6.42 Å². The van der Waals surface area contributed by atoms with Gasteiger partial charge in [-0.05, 0) is 67.3 Å². The number of aromatic nitrogens is 1. The largest absolute Gasteiger partial charge is 0.497 e. The number of nitrogens with one attached hydrogen (secondary N) is 2. The van der Waals surface area contributed by atoms with Crippen LogP contribution in [-0.2, 0) is 11.2 Å². The third kappa shape index (κ3) is 3.63. The summed E-state index contributed by atoms with van der Waals surface area (Å²) in [5.41, 5.74) is 5.18. The predicted molar refractivity (Wildman–Crippen MR) is 110 cm³/mol. The van der Waals surface area contributed by atoms with E-state index in [4.69, 9.17) is 4.74 Å². The summed E-state index contributed by atoms with van der Waals surface area (Å²) in [5.74, 6) is 0.771. The molecule has 1 aliphatic heterocycles. The van der Waals surface area contributed by atoms with Gasteiger partial charge < -0.3 is 19.9 Å². The number of H-pyrrole nitrogens is 1. The van der Waals surface area contributed by atoms with Gasteiger partial charge in [-0.2, -0.15) is 0 Å². The van der Waals surface area contributed by atoms with Gasteiger partial charge in [0.25, 0.3) is 0 Å². The van der Waals surface area contributed by atoms with E-state index in [1.807, 2.05) is 37.4 Å². The number of amides is 1. The number of nitrogens with zero attached hydrogens (tertiary/aromatic N) is 1. The zero-order chi connectivity index (χ0) is 18.8. The maximum absolute atomic E-state index is 12.6. The van der Waals surface area contributed by atoms with Crippen molar-refractivity contribution in [3.8, 4) is 5.75 Å². The van der Waals surface area contributed by atoms with Crippen molar-refractivity contribution in [2.75, 3.05) is 30.4 Å². The van der Waals surface area contributed by atoms with Crippen LogP contribution in [0, 0.1) is 6.92 Å². The molecule has 4 rings (SSSR count). The topological polar surface area (TPSA) is 57.4 Å². The van der Waals surface area contributed by atoms with Crippen LogP contribution in [-0.4, -0.2) is 31.1 Å². The number of hydrogen-bond donors (Lipinski definition) is 2. The lowest BCUT2D eigenvalue weighted by atomic mass is 10.1. The van der Waals surface area contributed by atoms with Crippen LogP contribution in [0.15, 0.2) is 42.6 Å². The van der Waals surface area contributed by atoms with E-state index >= 15 is 0 Å². The highest BCUT2D eigenvalue weighted by Crippen LogP contribution is 2.27. The SMILES string of the molecule is COc1ccc2[nH]cc(CC(=O)Nc3ccc(N4CCCC4)cc3C)c2c1. The van der Waals surface area contributed by atoms with E-state index in [1.165, 1.54) is 18.5 Å². The van der Waals surface area contributed by atoms with Gasteiger partial charge in [-0.25, -0.2) is 0 Å². The summed E-state index contributed by atoms with van der Waals surface area (Å²) >= 11 is 0. The van der Waals surface area contributed by atoms with Crippen molar-refractivity contribution in [3.05, 3.63) is 53.7 Å². The Balaban J connectivity index is 1.48. The van der Waals surface area contributed by atoms with Gasteiger partial charge in [-0.3, -0.25) is 4.79 Å². The first kappa shape index (κ1) is 17.5. The smallest absolute Gasteiger partial charge is 0.228 e. The van der Waals surface area contributed by atoms with Gasteiger partial charge in [-0.15, -0.1) is 0 Å². The molecule has 2 heterocycles. The summed E-state index contributed by atoms with van der Waals surface area (Å²) < 4.78 is 5.30. The Morgan fingerprint density at radius 3 is 2.74 bits per heavy atom. The van der Waals surface area contributed by atoms with Crippen molar-refractivity contribution in [2.45, 2.75) is 26.2 Å². The molecule has 0 bridgehead atoms. The van der Waals surface area contributed by atoms with Gasteiger partial charge in [0, 0.05) is 41.6 Å². The molecule has 2 aromatic carbocycles. The van der Waals surface area contributed by atoms with E-state index in [2.05, 4.69) is 27.3 Å². The molecule has 1 aliphatic rings. The zero-order valence-corrected chi connectivity index (χ0v) is 15.8. The number of anilines is 2. The molecular formula is C22H25N3O2. The predicted octanol–water partition coefficient (Wildman–Crippen LogP) is 4.27. The lowest BCUT2D eigenvalue weighted by molar-refractivity contribution is -0.115. The summed E-state index contributed by atoms with van der Waals surface area (Å²) in [6.45, 7) is 4.29. The fourth-order valence-corrected chi connectivity index (χ4v) is 3.76. The van der Waals surface area contributed by atoms with Gasteiger partial charge in [0.2, 0.25) is 5.91 Å². The summed E-state index contributed by atoms with van der Waals surface area (Å²) in [7, 11) is 1.65. The van der Waals surface area contributed by atoms with Gasteiger partial charge in [0.05, 0.1) is 13.5 Å². The van der Waals surface area contributed by atoms with Crippen LogP contribution in [0.4, 0.5) is 11.4 Å². The number of aryl methyl sites for hydroxylation is 1. The Morgan fingerprint density at radius 1 is 1.19 bits per heavy atom. The van der Waals surface area contributed by atoms with Crippen LogP contribution >= 0.6 is 0 Å². The van der Waals surface area contributed by atoms with E-state index in [-0.39, 0.29) is 5.91 Å². The molecule has 0 atom stereocenters. The molecule has 0 unspecified atom stereocenters. The Bertz CT molecular complexity index is 971. The maximum atomic E-state index is 12.6. The first-order valence-electron chi connectivity index (χ1n) is 9.43. The average molecular weight is 363 g/mol. The van der Waals surface area contributed by atoms with Crippen molar-refractivity contribution in [1.29, 1.82) is 0 Å². The van der Waals surface area contributed by atoms with Gasteiger partial charge in [0.15, 0.2) is 0 Å². The fraction of sp³-hybridized carbons (Fsp3) is 0.318. The Hall–Kier alpha value is -2.95. The minimum absolute atomic E-state index is 0.0178. The number of carbonyl (C=O) groups excluding carboxylic acids is 1. The number of methoxy groups -OCH3 is 1. The molecule has 140 valence electrons. The highest BCUT2D eigenvalue weighted by atomic mass is 16.5. The highest BCUT2D eigenvalue weighted by Gasteiger charge is 2.14. The Labute approximate surface area is 159 Å². The molecule has 1 aromatic heterocycles. The highest BCUT2D eigenvalue weighted by molar-refractivity contribution is 5.96. The average Bonchev–Trinajstić information content (AvgIpc) is 3.33. The van der Waals surface area contributed by atoms with E-state index < -0.39 is 0 Å². The molecule has 0 aliphatic carbocycles. The molecular weight excluding hydrogens is 338 g/mol. The second-order valence-corrected chi connectivity index (χ2v) is 7.14. The maximum Gasteiger partial charge on any atom is 0.228 e. The molecule has 3 aromatic rings. The number of benzene rings is 2. The normalized spacial score (nSPS) is 13.9.